The highest BCUT2D eigenvalue weighted by Crippen LogP contribution is 2.26. The Morgan fingerprint density at radius 1 is 1.55 bits per heavy atom. The van der Waals surface area contributed by atoms with E-state index in [4.69, 9.17) is 16.3 Å². The third-order valence-electron chi connectivity index (χ3n) is 2.62. The van der Waals surface area contributed by atoms with E-state index < -0.39 is 10.7 Å². The molecule has 0 radical (unpaired) electrons. The van der Waals surface area contributed by atoms with Gasteiger partial charge in [-0.25, -0.2) is 9.38 Å². The molecule has 0 atom stereocenters. The van der Waals surface area contributed by atoms with Gasteiger partial charge in [0.25, 0.3) is 5.88 Å². The minimum atomic E-state index is -0.726. The number of halogens is 2. The number of hydrogen-bond donors (Lipinski definition) is 0. The third kappa shape index (κ3) is 4.66. The Balaban J connectivity index is 3.38. The summed E-state index contributed by atoms with van der Waals surface area (Å²) in [6, 6.07) is 3.78. The van der Waals surface area contributed by atoms with Gasteiger partial charge in [-0.15, -0.1) is 0 Å². The maximum absolute atomic E-state index is 13.8. The minimum absolute atomic E-state index is 0.186. The molecule has 5 nitrogen and oxygen atoms in total. The summed E-state index contributed by atoms with van der Waals surface area (Å²) >= 11 is 5.66. The number of hydrogen-bond acceptors (Lipinski definition) is 4. The number of aliphatic imine (C=N–C) groups is 1. The van der Waals surface area contributed by atoms with Gasteiger partial charge >= 0.3 is 5.70 Å². The fraction of sp³-hybridized carbons (Fsp3) is 0.267. The van der Waals surface area contributed by atoms with Crippen molar-refractivity contribution in [2.24, 2.45) is 4.99 Å². The summed E-state index contributed by atoms with van der Waals surface area (Å²) in [4.78, 5) is 14.6. The molecule has 0 aliphatic heterocycles. The Morgan fingerprint density at radius 3 is 2.73 bits per heavy atom. The van der Waals surface area contributed by atoms with Crippen LogP contribution in [0.2, 0.25) is 5.02 Å². The average Bonchev–Trinajstić information content (AvgIpc) is 2.42. The predicted molar refractivity (Wildman–Crippen MR) is 84.3 cm³/mol. The summed E-state index contributed by atoms with van der Waals surface area (Å²) in [5, 5.41) is 11.5. The van der Waals surface area contributed by atoms with Crippen LogP contribution >= 0.6 is 11.6 Å². The zero-order valence-electron chi connectivity index (χ0n) is 12.5. The molecule has 0 saturated carbocycles. The van der Waals surface area contributed by atoms with Gasteiger partial charge < -0.3 is 4.74 Å². The van der Waals surface area contributed by atoms with Gasteiger partial charge in [0.2, 0.25) is 0 Å². The third-order valence-corrected chi connectivity index (χ3v) is 2.85. The number of rotatable bonds is 6. The summed E-state index contributed by atoms with van der Waals surface area (Å²) < 4.78 is 19.1. The Kier molecular flexibility index (Phi) is 6.72. The SMILES string of the molecule is C\C=N/C(Oc1ccc(Cl)cc1F)=C(\C(C)=C\CC)[N+](=O)[O-]. The molecular formula is C15H16ClFN2O3. The van der Waals surface area contributed by atoms with Crippen LogP contribution in [0.4, 0.5) is 4.39 Å². The number of nitro groups is 1. The van der Waals surface area contributed by atoms with Crippen LogP contribution in [0.5, 0.6) is 5.75 Å². The van der Waals surface area contributed by atoms with Crippen LogP contribution in [-0.2, 0) is 0 Å². The zero-order chi connectivity index (χ0) is 16.7. The molecule has 0 bridgehead atoms. The second-order valence-corrected chi connectivity index (χ2v) is 4.71. The number of ether oxygens (including phenoxy) is 1. The highest BCUT2D eigenvalue weighted by atomic mass is 35.5. The molecule has 0 saturated heterocycles. The quantitative estimate of drug-likeness (QED) is 0.249. The highest BCUT2D eigenvalue weighted by Gasteiger charge is 2.23. The van der Waals surface area contributed by atoms with E-state index in [1.807, 2.05) is 6.92 Å². The molecule has 118 valence electrons. The molecule has 7 heteroatoms. The largest absolute Gasteiger partial charge is 0.431 e. The van der Waals surface area contributed by atoms with E-state index in [0.29, 0.717) is 12.0 Å². The lowest BCUT2D eigenvalue weighted by molar-refractivity contribution is -0.423. The van der Waals surface area contributed by atoms with Crippen LogP contribution in [0.25, 0.3) is 0 Å². The smallest absolute Gasteiger partial charge is 0.333 e. The molecule has 0 aliphatic rings. The van der Waals surface area contributed by atoms with Crippen LogP contribution in [0, 0.1) is 15.9 Å². The summed E-state index contributed by atoms with van der Waals surface area (Å²) in [6.07, 6.45) is 3.62. The van der Waals surface area contributed by atoms with Gasteiger partial charge in [0.05, 0.1) is 4.92 Å². The van der Waals surface area contributed by atoms with E-state index in [1.54, 1.807) is 19.9 Å². The Labute approximate surface area is 132 Å². The van der Waals surface area contributed by atoms with E-state index in [0.717, 1.165) is 6.07 Å². The van der Waals surface area contributed by atoms with Crippen molar-refractivity contribution in [1.29, 1.82) is 0 Å². The van der Waals surface area contributed by atoms with Crippen molar-refractivity contribution in [2.45, 2.75) is 27.2 Å². The van der Waals surface area contributed by atoms with Gasteiger partial charge in [-0.05, 0) is 38.5 Å². The fourth-order valence-corrected chi connectivity index (χ4v) is 1.87. The highest BCUT2D eigenvalue weighted by molar-refractivity contribution is 6.30. The van der Waals surface area contributed by atoms with E-state index >= 15 is 0 Å². The fourth-order valence-electron chi connectivity index (χ4n) is 1.71. The molecule has 1 aromatic rings. The van der Waals surface area contributed by atoms with Crippen molar-refractivity contribution in [2.75, 3.05) is 0 Å². The van der Waals surface area contributed by atoms with Gasteiger partial charge in [0, 0.05) is 16.8 Å². The molecule has 0 amide bonds. The van der Waals surface area contributed by atoms with Crippen molar-refractivity contribution in [3.8, 4) is 5.75 Å². The topological polar surface area (TPSA) is 64.7 Å². The average molecular weight is 327 g/mol. The van der Waals surface area contributed by atoms with Gasteiger partial charge in [-0.3, -0.25) is 10.1 Å². The van der Waals surface area contributed by atoms with E-state index in [9.17, 15) is 14.5 Å². The maximum atomic E-state index is 13.8. The minimum Gasteiger partial charge on any atom is -0.431 e. The molecule has 0 N–H and O–H groups in total. The molecule has 1 aromatic carbocycles. The first-order valence-corrected chi connectivity index (χ1v) is 6.95. The standard InChI is InChI=1S/C15H16ClFN2O3/c1-4-6-10(3)14(19(20)21)15(18-5-2)22-13-8-7-11(16)9-12(13)17/h5-9H,4H2,1-3H3/b10-6+,15-14-,18-5-. The van der Waals surface area contributed by atoms with Crippen molar-refractivity contribution in [3.05, 3.63) is 62.4 Å². The second kappa shape index (κ2) is 8.29. The molecule has 0 spiro atoms. The lowest BCUT2D eigenvalue weighted by Crippen LogP contribution is -2.09. The molecule has 0 unspecified atom stereocenters. The molecule has 1 rings (SSSR count). The van der Waals surface area contributed by atoms with Crippen LogP contribution in [0.3, 0.4) is 0 Å². The molecule has 0 aliphatic carbocycles. The molecule has 0 heterocycles. The predicted octanol–water partition coefficient (Wildman–Crippen LogP) is 4.75. The first-order chi connectivity index (χ1) is 10.4. The lowest BCUT2D eigenvalue weighted by atomic mass is 10.2. The number of benzene rings is 1. The van der Waals surface area contributed by atoms with Crippen LogP contribution in [0.15, 0.2) is 46.4 Å². The zero-order valence-corrected chi connectivity index (χ0v) is 13.2. The van der Waals surface area contributed by atoms with Gasteiger partial charge in [0.15, 0.2) is 11.6 Å². The number of nitrogens with zero attached hydrogens (tertiary/aromatic N) is 2. The van der Waals surface area contributed by atoms with Crippen molar-refractivity contribution >= 4 is 17.8 Å². The summed E-state index contributed by atoms with van der Waals surface area (Å²) in [7, 11) is 0. The van der Waals surface area contributed by atoms with E-state index in [2.05, 4.69) is 4.99 Å². The lowest BCUT2D eigenvalue weighted by Gasteiger charge is -2.08. The first-order valence-electron chi connectivity index (χ1n) is 6.58. The van der Waals surface area contributed by atoms with Crippen molar-refractivity contribution in [3.63, 3.8) is 0 Å². The molecule has 0 fully saturated rings. The summed E-state index contributed by atoms with van der Waals surface area (Å²) in [5.74, 6) is -1.19. The molecule has 22 heavy (non-hydrogen) atoms. The van der Waals surface area contributed by atoms with Crippen molar-refractivity contribution in [1.82, 2.24) is 0 Å². The van der Waals surface area contributed by atoms with E-state index in [-0.39, 0.29) is 22.4 Å². The number of allylic oxidation sites excluding steroid dienone is 2. The van der Waals surface area contributed by atoms with Gasteiger partial charge in [-0.1, -0.05) is 24.6 Å². The molecular weight excluding hydrogens is 311 g/mol. The van der Waals surface area contributed by atoms with Crippen molar-refractivity contribution < 1.29 is 14.1 Å². The van der Waals surface area contributed by atoms with Crippen LogP contribution in [-0.4, -0.2) is 11.1 Å². The normalized spacial score (nSPS) is 13.2. The summed E-state index contributed by atoms with van der Waals surface area (Å²) in [5.41, 5.74) is 0.0803. The second-order valence-electron chi connectivity index (χ2n) is 4.27. The maximum Gasteiger partial charge on any atom is 0.333 e. The molecule has 0 aromatic heterocycles. The Morgan fingerprint density at radius 2 is 2.23 bits per heavy atom. The first kappa shape index (κ1) is 17.8. The van der Waals surface area contributed by atoms with Crippen LogP contribution < -0.4 is 4.74 Å². The monoisotopic (exact) mass is 326 g/mol. The van der Waals surface area contributed by atoms with Gasteiger partial charge in [-0.2, -0.15) is 0 Å². The van der Waals surface area contributed by atoms with E-state index in [1.165, 1.54) is 18.3 Å². The van der Waals surface area contributed by atoms with Crippen LogP contribution in [0.1, 0.15) is 27.2 Å². The Hall–Kier alpha value is -2.21. The van der Waals surface area contributed by atoms with Gasteiger partial charge in [0.1, 0.15) is 0 Å². The Bertz CT molecular complexity index is 654. The summed E-state index contributed by atoms with van der Waals surface area (Å²) in [6.45, 7) is 5.01.